The highest BCUT2D eigenvalue weighted by atomic mass is 19.1. The topological polar surface area (TPSA) is 64.0 Å². The Bertz CT molecular complexity index is 1060. The summed E-state index contributed by atoms with van der Waals surface area (Å²) in [5, 5.41) is 2.68. The predicted octanol–water partition coefficient (Wildman–Crippen LogP) is 2.89. The minimum atomic E-state index is -0.994. The summed E-state index contributed by atoms with van der Waals surface area (Å²) in [5.74, 6) is -1.63. The van der Waals surface area contributed by atoms with E-state index in [4.69, 9.17) is 0 Å². The lowest BCUT2D eigenvalue weighted by atomic mass is 10.0. The third kappa shape index (κ3) is 3.92. The molecular formula is C20H17F2N3O2. The first-order chi connectivity index (χ1) is 12.9. The second-order valence-corrected chi connectivity index (χ2v) is 6.15. The Hall–Kier alpha value is -3.35. The minimum absolute atomic E-state index is 0.0288. The van der Waals surface area contributed by atoms with Gasteiger partial charge in [-0.25, -0.2) is 8.78 Å². The first-order valence-electron chi connectivity index (χ1n) is 8.21. The Morgan fingerprint density at radius 2 is 1.93 bits per heavy atom. The van der Waals surface area contributed by atoms with Gasteiger partial charge in [0.2, 0.25) is 5.56 Å². The summed E-state index contributed by atoms with van der Waals surface area (Å²) in [6, 6.07) is 8.70. The van der Waals surface area contributed by atoms with Crippen LogP contribution in [0, 0.1) is 18.6 Å². The van der Waals surface area contributed by atoms with E-state index < -0.39 is 23.6 Å². The highest BCUT2D eigenvalue weighted by Crippen LogP contribution is 2.24. The summed E-state index contributed by atoms with van der Waals surface area (Å²) in [4.78, 5) is 28.2. The van der Waals surface area contributed by atoms with Crippen molar-refractivity contribution in [2.75, 3.05) is 0 Å². The number of hydrogen-bond acceptors (Lipinski definition) is 3. The molecule has 0 radical (unpaired) electrons. The van der Waals surface area contributed by atoms with Crippen LogP contribution in [0.3, 0.4) is 0 Å². The summed E-state index contributed by atoms with van der Waals surface area (Å²) >= 11 is 0. The van der Waals surface area contributed by atoms with E-state index in [2.05, 4.69) is 10.3 Å². The highest BCUT2D eigenvalue weighted by molar-refractivity contribution is 5.94. The van der Waals surface area contributed by atoms with Crippen LogP contribution in [-0.2, 0) is 7.05 Å². The maximum Gasteiger partial charge on any atom is 0.253 e. The number of nitrogens with one attached hydrogen (secondary N) is 1. The van der Waals surface area contributed by atoms with E-state index >= 15 is 0 Å². The fourth-order valence-corrected chi connectivity index (χ4v) is 2.65. The number of carbonyl (C=O) groups excluding carboxylic acids is 1. The van der Waals surface area contributed by atoms with E-state index in [1.165, 1.54) is 54.3 Å². The van der Waals surface area contributed by atoms with Crippen molar-refractivity contribution in [2.24, 2.45) is 7.05 Å². The zero-order valence-corrected chi connectivity index (χ0v) is 14.7. The average molecular weight is 369 g/mol. The molecule has 5 nitrogen and oxygen atoms in total. The first kappa shape index (κ1) is 18.4. The summed E-state index contributed by atoms with van der Waals surface area (Å²) in [6.45, 7) is 1.61. The molecule has 0 saturated carbocycles. The molecule has 0 spiro atoms. The number of carbonyl (C=O) groups is 1. The van der Waals surface area contributed by atoms with E-state index in [-0.39, 0.29) is 16.8 Å². The monoisotopic (exact) mass is 369 g/mol. The number of hydrogen-bond donors (Lipinski definition) is 1. The molecule has 1 amide bonds. The molecular weight excluding hydrogens is 352 g/mol. The Labute approximate surface area is 154 Å². The van der Waals surface area contributed by atoms with Crippen molar-refractivity contribution < 1.29 is 13.6 Å². The van der Waals surface area contributed by atoms with E-state index in [9.17, 15) is 18.4 Å². The van der Waals surface area contributed by atoms with Gasteiger partial charge in [0.15, 0.2) is 0 Å². The molecule has 0 bridgehead atoms. The smallest absolute Gasteiger partial charge is 0.253 e. The van der Waals surface area contributed by atoms with Crippen molar-refractivity contribution in [3.8, 4) is 0 Å². The summed E-state index contributed by atoms with van der Waals surface area (Å²) < 4.78 is 29.6. The maximum atomic E-state index is 14.3. The van der Waals surface area contributed by atoms with Crippen molar-refractivity contribution in [3.05, 3.63) is 99.2 Å². The van der Waals surface area contributed by atoms with Gasteiger partial charge < -0.3 is 9.88 Å². The first-order valence-corrected chi connectivity index (χ1v) is 8.21. The van der Waals surface area contributed by atoms with Crippen LogP contribution in [0.4, 0.5) is 8.78 Å². The summed E-state index contributed by atoms with van der Waals surface area (Å²) in [5.41, 5.74) is 0.710. The number of pyridine rings is 2. The van der Waals surface area contributed by atoms with Crippen molar-refractivity contribution >= 4 is 5.91 Å². The number of aromatic nitrogens is 2. The van der Waals surface area contributed by atoms with Gasteiger partial charge in [0.1, 0.15) is 17.3 Å². The van der Waals surface area contributed by atoms with Crippen molar-refractivity contribution in [2.45, 2.75) is 13.0 Å². The molecule has 3 aromatic rings. The van der Waals surface area contributed by atoms with Gasteiger partial charge in [0.05, 0.1) is 11.6 Å². The number of nitrogens with zero attached hydrogens (tertiary/aromatic N) is 2. The van der Waals surface area contributed by atoms with Gasteiger partial charge in [0.25, 0.3) is 5.91 Å². The van der Waals surface area contributed by atoms with Gasteiger partial charge in [-0.1, -0.05) is 12.1 Å². The van der Waals surface area contributed by atoms with Crippen molar-refractivity contribution in [1.82, 2.24) is 14.9 Å². The summed E-state index contributed by atoms with van der Waals surface area (Å²) in [7, 11) is 1.52. The standard InChI is InChI=1S/C20H17F2N3O2/c1-12-5-6-13(10-16(12)22)18(19-15(21)4-3-9-23-19)24-20(27)14-7-8-17(26)25(2)11-14/h3-11,18H,1-2H3,(H,24,27). The molecule has 7 heteroatoms. The molecule has 0 aliphatic carbocycles. The number of benzene rings is 1. The lowest BCUT2D eigenvalue weighted by Gasteiger charge is -2.20. The zero-order chi connectivity index (χ0) is 19.6. The molecule has 2 aromatic heterocycles. The average Bonchev–Trinajstić information content (AvgIpc) is 2.65. The van der Waals surface area contributed by atoms with Gasteiger partial charge in [-0.05, 0) is 42.3 Å². The second kappa shape index (κ2) is 7.49. The molecule has 1 atom stereocenters. The number of amides is 1. The van der Waals surface area contributed by atoms with Crippen LogP contribution in [0.15, 0.2) is 59.7 Å². The summed E-state index contributed by atoms with van der Waals surface area (Å²) in [6.07, 6.45) is 2.77. The van der Waals surface area contributed by atoms with Crippen LogP contribution < -0.4 is 10.9 Å². The van der Waals surface area contributed by atoms with E-state index in [0.29, 0.717) is 11.1 Å². The molecule has 1 N–H and O–H groups in total. The molecule has 0 aliphatic rings. The van der Waals surface area contributed by atoms with Crippen LogP contribution in [0.5, 0.6) is 0 Å². The van der Waals surface area contributed by atoms with E-state index in [0.717, 1.165) is 0 Å². The van der Waals surface area contributed by atoms with Gasteiger partial charge >= 0.3 is 0 Å². The molecule has 0 aliphatic heterocycles. The molecule has 0 saturated heterocycles. The van der Waals surface area contributed by atoms with Crippen LogP contribution in [0.2, 0.25) is 0 Å². The Morgan fingerprint density at radius 3 is 2.59 bits per heavy atom. The normalized spacial score (nSPS) is 11.9. The van der Waals surface area contributed by atoms with Crippen LogP contribution >= 0.6 is 0 Å². The Balaban J connectivity index is 2.03. The van der Waals surface area contributed by atoms with Crippen molar-refractivity contribution in [3.63, 3.8) is 0 Å². The fourth-order valence-electron chi connectivity index (χ4n) is 2.65. The van der Waals surface area contributed by atoms with Gasteiger partial charge in [0, 0.05) is 25.5 Å². The minimum Gasteiger partial charge on any atom is -0.339 e. The number of aryl methyl sites for hydroxylation is 2. The lowest BCUT2D eigenvalue weighted by molar-refractivity contribution is 0.0941. The third-order valence-corrected chi connectivity index (χ3v) is 4.21. The molecule has 0 fully saturated rings. The Morgan fingerprint density at radius 1 is 1.15 bits per heavy atom. The maximum absolute atomic E-state index is 14.3. The van der Waals surface area contributed by atoms with Gasteiger partial charge in [-0.2, -0.15) is 0 Å². The largest absolute Gasteiger partial charge is 0.339 e. The lowest BCUT2D eigenvalue weighted by Crippen LogP contribution is -2.31. The molecule has 1 aromatic carbocycles. The SMILES string of the molecule is Cc1ccc(C(NC(=O)c2ccc(=O)n(C)c2)c2ncccc2F)cc1F. The van der Waals surface area contributed by atoms with Crippen molar-refractivity contribution in [1.29, 1.82) is 0 Å². The zero-order valence-electron chi connectivity index (χ0n) is 14.7. The van der Waals surface area contributed by atoms with E-state index in [1.807, 2.05) is 0 Å². The highest BCUT2D eigenvalue weighted by Gasteiger charge is 2.23. The van der Waals surface area contributed by atoms with Crippen LogP contribution in [0.25, 0.3) is 0 Å². The second-order valence-electron chi connectivity index (χ2n) is 6.15. The third-order valence-electron chi connectivity index (χ3n) is 4.21. The molecule has 27 heavy (non-hydrogen) atoms. The van der Waals surface area contributed by atoms with Gasteiger partial charge in [-0.3, -0.25) is 14.6 Å². The fraction of sp³-hybridized carbons (Fsp3) is 0.150. The molecule has 3 rings (SSSR count). The quantitative estimate of drug-likeness (QED) is 0.769. The van der Waals surface area contributed by atoms with Gasteiger partial charge in [-0.15, -0.1) is 0 Å². The number of halogens is 2. The predicted molar refractivity (Wildman–Crippen MR) is 96.3 cm³/mol. The van der Waals surface area contributed by atoms with Crippen LogP contribution in [0.1, 0.15) is 33.2 Å². The Kier molecular flexibility index (Phi) is 5.12. The number of rotatable bonds is 4. The molecule has 2 heterocycles. The van der Waals surface area contributed by atoms with Crippen LogP contribution in [-0.4, -0.2) is 15.5 Å². The molecule has 1 unspecified atom stereocenters. The molecule has 138 valence electrons. The van der Waals surface area contributed by atoms with E-state index in [1.54, 1.807) is 19.1 Å².